The molecule has 1 atom stereocenters. The molecule has 110 valence electrons. The zero-order chi connectivity index (χ0) is 14.8. The number of carbonyl (C=O) groups is 1. The van der Waals surface area contributed by atoms with Gasteiger partial charge >= 0.3 is 5.97 Å². The maximum atomic E-state index is 13.1. The van der Waals surface area contributed by atoms with E-state index >= 15 is 0 Å². The van der Waals surface area contributed by atoms with Crippen molar-refractivity contribution in [1.29, 1.82) is 0 Å². The van der Waals surface area contributed by atoms with Gasteiger partial charge in [0.05, 0.1) is 19.3 Å². The van der Waals surface area contributed by atoms with Crippen molar-refractivity contribution in [2.45, 2.75) is 25.0 Å². The zero-order valence-electron chi connectivity index (χ0n) is 11.2. The lowest BCUT2D eigenvalue weighted by Crippen LogP contribution is -2.18. The van der Waals surface area contributed by atoms with Crippen LogP contribution in [0.25, 0.3) is 0 Å². The van der Waals surface area contributed by atoms with Gasteiger partial charge < -0.3 is 4.74 Å². The van der Waals surface area contributed by atoms with Crippen LogP contribution in [0.4, 0.5) is 4.39 Å². The Morgan fingerprint density at radius 2 is 2.20 bits per heavy atom. The van der Waals surface area contributed by atoms with Crippen molar-refractivity contribution in [1.82, 2.24) is 0 Å². The Balaban J connectivity index is 1.96. The molecule has 6 heteroatoms. The minimum Gasteiger partial charge on any atom is -0.469 e. The molecule has 0 bridgehead atoms. The molecule has 0 N–H and O–H groups in total. The fourth-order valence-electron chi connectivity index (χ4n) is 2.15. The molecule has 0 heterocycles. The molecule has 2 rings (SSSR count). The summed E-state index contributed by atoms with van der Waals surface area (Å²) in [7, 11) is 0.175. The van der Waals surface area contributed by atoms with Crippen molar-refractivity contribution in [3.8, 4) is 0 Å². The van der Waals surface area contributed by atoms with E-state index in [1.54, 1.807) is 0 Å². The molecule has 3 nitrogen and oxygen atoms in total. The van der Waals surface area contributed by atoms with Crippen molar-refractivity contribution in [3.63, 3.8) is 0 Å². The summed E-state index contributed by atoms with van der Waals surface area (Å²) in [5.74, 6) is -0.0329. The Morgan fingerprint density at radius 3 is 2.80 bits per heavy atom. The van der Waals surface area contributed by atoms with Crippen molar-refractivity contribution in [2.24, 2.45) is 5.41 Å². The molecule has 0 saturated heterocycles. The van der Waals surface area contributed by atoms with E-state index in [9.17, 15) is 13.4 Å². The Morgan fingerprint density at radius 1 is 1.50 bits per heavy atom. The summed E-state index contributed by atoms with van der Waals surface area (Å²) in [5, 5.41) is 0.414. The van der Waals surface area contributed by atoms with Crippen LogP contribution in [0.1, 0.15) is 24.8 Å². The van der Waals surface area contributed by atoms with Crippen LogP contribution in [0.3, 0.4) is 0 Å². The highest BCUT2D eigenvalue weighted by atomic mass is 35.5. The van der Waals surface area contributed by atoms with Gasteiger partial charge in [0.15, 0.2) is 0 Å². The molecule has 0 spiro atoms. The molecule has 1 aromatic rings. The molecule has 1 unspecified atom stereocenters. The van der Waals surface area contributed by atoms with E-state index in [2.05, 4.69) is 4.74 Å². The number of benzene rings is 1. The van der Waals surface area contributed by atoms with Gasteiger partial charge in [0.1, 0.15) is 5.82 Å². The zero-order valence-corrected chi connectivity index (χ0v) is 12.7. The van der Waals surface area contributed by atoms with Crippen LogP contribution in [-0.2, 0) is 26.1 Å². The first-order valence-electron chi connectivity index (χ1n) is 6.30. The summed E-state index contributed by atoms with van der Waals surface area (Å²) < 4.78 is 30.0. The summed E-state index contributed by atoms with van der Waals surface area (Å²) in [6, 6.07) is 4.04. The van der Waals surface area contributed by atoms with Crippen molar-refractivity contribution >= 4 is 28.4 Å². The molecule has 1 saturated carbocycles. The lowest BCUT2D eigenvalue weighted by molar-refractivity contribution is -0.141. The van der Waals surface area contributed by atoms with Gasteiger partial charge in [-0.15, -0.1) is 0 Å². The van der Waals surface area contributed by atoms with Crippen LogP contribution in [-0.4, -0.2) is 23.0 Å². The van der Waals surface area contributed by atoms with Crippen molar-refractivity contribution < 1.29 is 18.1 Å². The summed E-state index contributed by atoms with van der Waals surface area (Å²) in [6.45, 7) is 0. The summed E-state index contributed by atoms with van der Waals surface area (Å²) in [6.07, 6.45) is 2.06. The summed E-state index contributed by atoms with van der Waals surface area (Å²) >= 11 is 5.96. The quantitative estimate of drug-likeness (QED) is 0.757. The molecule has 1 aliphatic rings. The molecule has 0 radical (unpaired) electrons. The van der Waals surface area contributed by atoms with Gasteiger partial charge in [-0.25, -0.2) is 4.39 Å². The van der Waals surface area contributed by atoms with Crippen LogP contribution < -0.4 is 0 Å². The second-order valence-corrected chi connectivity index (χ2v) is 7.08. The Kier molecular flexibility index (Phi) is 4.81. The SMILES string of the molecule is COC(=O)CC1(CS(=O)Cc2cc(F)ccc2Cl)CC1. The number of methoxy groups -OCH3 is 1. The van der Waals surface area contributed by atoms with E-state index in [-0.39, 0.29) is 17.1 Å². The normalized spacial score (nSPS) is 17.6. The number of rotatable bonds is 6. The van der Waals surface area contributed by atoms with Gasteiger partial charge in [-0.05, 0) is 42.0 Å². The second-order valence-electron chi connectivity index (χ2n) is 5.22. The van der Waals surface area contributed by atoms with Gasteiger partial charge in [-0.3, -0.25) is 9.00 Å². The minimum atomic E-state index is -1.17. The van der Waals surface area contributed by atoms with E-state index in [1.165, 1.54) is 25.3 Å². The van der Waals surface area contributed by atoms with E-state index < -0.39 is 16.6 Å². The van der Waals surface area contributed by atoms with Gasteiger partial charge in [0.2, 0.25) is 0 Å². The molecule has 0 aromatic heterocycles. The monoisotopic (exact) mass is 318 g/mol. The van der Waals surface area contributed by atoms with E-state index in [4.69, 9.17) is 11.6 Å². The smallest absolute Gasteiger partial charge is 0.306 e. The lowest BCUT2D eigenvalue weighted by atomic mass is 10.1. The highest BCUT2D eigenvalue weighted by Gasteiger charge is 2.45. The topological polar surface area (TPSA) is 43.4 Å². The van der Waals surface area contributed by atoms with Crippen LogP contribution in [0, 0.1) is 11.2 Å². The second kappa shape index (κ2) is 6.22. The summed E-state index contributed by atoms with van der Waals surface area (Å²) in [5.41, 5.74) is 0.344. The first-order chi connectivity index (χ1) is 9.44. The Hall–Kier alpha value is -0.940. The number of ether oxygens (including phenoxy) is 1. The van der Waals surface area contributed by atoms with Gasteiger partial charge in [0.25, 0.3) is 0 Å². The first-order valence-corrected chi connectivity index (χ1v) is 8.16. The minimum absolute atomic E-state index is 0.197. The first kappa shape index (κ1) is 15.4. The highest BCUT2D eigenvalue weighted by molar-refractivity contribution is 7.84. The number of hydrogen-bond acceptors (Lipinski definition) is 3. The third-order valence-electron chi connectivity index (χ3n) is 3.50. The third kappa shape index (κ3) is 4.03. The average Bonchev–Trinajstić information content (AvgIpc) is 3.12. The number of esters is 1. The predicted molar refractivity (Wildman–Crippen MR) is 76.4 cm³/mol. The van der Waals surface area contributed by atoms with Crippen molar-refractivity contribution in [2.75, 3.05) is 12.9 Å². The fourth-order valence-corrected chi connectivity index (χ4v) is 4.17. The largest absolute Gasteiger partial charge is 0.469 e. The number of carbonyl (C=O) groups excluding carboxylic acids is 1. The van der Waals surface area contributed by atoms with Crippen LogP contribution in [0.5, 0.6) is 0 Å². The molecular weight excluding hydrogens is 303 g/mol. The van der Waals surface area contributed by atoms with Crippen molar-refractivity contribution in [3.05, 3.63) is 34.6 Å². The third-order valence-corrected chi connectivity index (χ3v) is 5.43. The summed E-state index contributed by atoms with van der Waals surface area (Å²) in [4.78, 5) is 11.3. The van der Waals surface area contributed by atoms with E-state index in [1.807, 2.05) is 0 Å². The number of hydrogen-bond donors (Lipinski definition) is 0. The van der Waals surface area contributed by atoms with Crippen LogP contribution >= 0.6 is 11.6 Å². The van der Waals surface area contributed by atoms with Gasteiger partial charge in [-0.2, -0.15) is 0 Å². The van der Waals surface area contributed by atoms with E-state index in [0.717, 1.165) is 12.8 Å². The predicted octanol–water partition coefficient (Wildman–Crippen LogP) is 3.07. The van der Waals surface area contributed by atoms with Gasteiger partial charge in [-0.1, -0.05) is 11.6 Å². The molecular formula is C14H16ClFO3S. The number of halogens is 2. The van der Waals surface area contributed by atoms with E-state index in [0.29, 0.717) is 22.8 Å². The lowest BCUT2D eigenvalue weighted by Gasteiger charge is -2.13. The Bertz CT molecular complexity index is 543. The Labute approximate surface area is 124 Å². The molecule has 20 heavy (non-hydrogen) atoms. The average molecular weight is 319 g/mol. The van der Waals surface area contributed by atoms with Crippen LogP contribution in [0.15, 0.2) is 18.2 Å². The van der Waals surface area contributed by atoms with Gasteiger partial charge in [0, 0.05) is 21.6 Å². The molecule has 1 aliphatic carbocycles. The maximum Gasteiger partial charge on any atom is 0.306 e. The molecule has 0 amide bonds. The molecule has 1 aromatic carbocycles. The maximum absolute atomic E-state index is 13.1. The van der Waals surface area contributed by atoms with Crippen LogP contribution in [0.2, 0.25) is 5.02 Å². The molecule has 0 aliphatic heterocycles. The fraction of sp³-hybridized carbons (Fsp3) is 0.500. The highest BCUT2D eigenvalue weighted by Crippen LogP contribution is 2.49. The standard InChI is InChI=1S/C14H16ClFO3S/c1-19-13(17)7-14(4-5-14)9-20(18)8-10-6-11(16)2-3-12(10)15/h2-3,6H,4-5,7-9H2,1H3. The molecule has 1 fully saturated rings.